The van der Waals surface area contributed by atoms with Gasteiger partial charge in [0.05, 0.1) is 32.4 Å². The molecule has 1 saturated heterocycles. The van der Waals surface area contributed by atoms with Crippen LogP contribution in [0.5, 0.6) is 11.5 Å². The highest BCUT2D eigenvalue weighted by Gasteiger charge is 2.47. The average Bonchev–Trinajstić information content (AvgIpc) is 3.14. The first-order valence-electron chi connectivity index (χ1n) is 11.8. The number of fused-ring (bicyclic) bond motifs is 4. The van der Waals surface area contributed by atoms with Gasteiger partial charge in [-0.2, -0.15) is 0 Å². The Bertz CT molecular complexity index is 1150. The highest BCUT2D eigenvalue weighted by atomic mass is 16.5. The second kappa shape index (κ2) is 8.67. The molecule has 1 atom stereocenters. The Hall–Kier alpha value is -2.54. The van der Waals surface area contributed by atoms with Gasteiger partial charge in [0, 0.05) is 48.3 Å². The smallest absolute Gasteiger partial charge is 0.123 e. The summed E-state index contributed by atoms with van der Waals surface area (Å²) in [6.45, 7) is 3.93. The summed E-state index contributed by atoms with van der Waals surface area (Å²) >= 11 is 0. The van der Waals surface area contributed by atoms with Gasteiger partial charge in [0.2, 0.25) is 0 Å². The van der Waals surface area contributed by atoms with Crippen molar-refractivity contribution in [2.45, 2.75) is 30.8 Å². The predicted molar refractivity (Wildman–Crippen MR) is 131 cm³/mol. The van der Waals surface area contributed by atoms with Crippen LogP contribution in [0.3, 0.4) is 0 Å². The molecule has 0 unspecified atom stereocenters. The van der Waals surface area contributed by atoms with Gasteiger partial charge in [-0.25, -0.2) is 0 Å². The molecule has 1 spiro atoms. The van der Waals surface area contributed by atoms with E-state index in [2.05, 4.69) is 58.8 Å². The normalized spacial score (nSPS) is 20.8. The monoisotopic (exact) mass is 449 g/mol. The molecule has 1 aromatic heterocycles. The van der Waals surface area contributed by atoms with Crippen LogP contribution in [0.25, 0.3) is 10.9 Å². The van der Waals surface area contributed by atoms with E-state index in [1.165, 1.54) is 22.2 Å². The first-order valence-corrected chi connectivity index (χ1v) is 11.8. The van der Waals surface area contributed by atoms with Crippen molar-refractivity contribution >= 4 is 10.9 Å². The third-order valence-electron chi connectivity index (χ3n) is 7.93. The van der Waals surface area contributed by atoms with Gasteiger partial charge in [0.15, 0.2) is 0 Å². The van der Waals surface area contributed by atoms with Crippen molar-refractivity contribution in [2.24, 2.45) is 7.05 Å². The largest absolute Gasteiger partial charge is 0.497 e. The van der Waals surface area contributed by atoms with Crippen molar-refractivity contribution in [3.05, 3.63) is 59.3 Å². The summed E-state index contributed by atoms with van der Waals surface area (Å²) in [4.78, 5) is 4.91. The van der Waals surface area contributed by atoms with Crippen LogP contribution in [-0.4, -0.2) is 67.0 Å². The number of para-hydroxylation sites is 1. The molecule has 6 nitrogen and oxygen atoms in total. The maximum Gasteiger partial charge on any atom is 0.123 e. The number of rotatable bonds is 5. The van der Waals surface area contributed by atoms with Crippen LogP contribution in [0.1, 0.15) is 35.7 Å². The standard InChI is InChI=1S/C27H35N3O3/c1-28-13-11-27(12-14-28)18-30(16-19-7-5-6-8-24(19)33-4)23(17-31)26-25(27)21-10-9-20(32-3)15-22(21)29(26)2/h5-10,15,23,31H,11-14,16-18H2,1-4H3/t23-/m0/s1. The van der Waals surface area contributed by atoms with Crippen molar-refractivity contribution in [2.75, 3.05) is 47.5 Å². The lowest BCUT2D eigenvalue weighted by Gasteiger charge is -2.50. The number of hydrogen-bond acceptors (Lipinski definition) is 5. The molecular weight excluding hydrogens is 414 g/mol. The van der Waals surface area contributed by atoms with Crippen LogP contribution >= 0.6 is 0 Å². The number of hydrogen-bond donors (Lipinski definition) is 1. The lowest BCUT2D eigenvalue weighted by molar-refractivity contribution is 0.0451. The van der Waals surface area contributed by atoms with Gasteiger partial charge in [-0.3, -0.25) is 4.90 Å². The maximum atomic E-state index is 10.7. The molecule has 1 fully saturated rings. The fraction of sp³-hybridized carbons (Fsp3) is 0.481. The van der Waals surface area contributed by atoms with Gasteiger partial charge in [0.25, 0.3) is 0 Å². The summed E-state index contributed by atoms with van der Waals surface area (Å²) in [6, 6.07) is 14.6. The van der Waals surface area contributed by atoms with Crippen molar-refractivity contribution in [1.29, 1.82) is 0 Å². The third kappa shape index (κ3) is 3.61. The molecule has 3 aromatic rings. The van der Waals surface area contributed by atoms with Crippen LogP contribution in [0.2, 0.25) is 0 Å². The highest BCUT2D eigenvalue weighted by molar-refractivity contribution is 5.88. The van der Waals surface area contributed by atoms with Crippen molar-refractivity contribution in [3.8, 4) is 11.5 Å². The van der Waals surface area contributed by atoms with E-state index in [-0.39, 0.29) is 18.1 Å². The van der Waals surface area contributed by atoms with Gasteiger partial charge in [0.1, 0.15) is 11.5 Å². The number of nitrogens with zero attached hydrogens (tertiary/aromatic N) is 3. The molecule has 0 bridgehead atoms. The fourth-order valence-electron chi connectivity index (χ4n) is 6.14. The number of piperidine rings is 1. The summed E-state index contributed by atoms with van der Waals surface area (Å²) in [7, 11) is 7.80. The molecule has 0 aliphatic carbocycles. The molecular formula is C27H35N3O3. The average molecular weight is 450 g/mol. The molecule has 33 heavy (non-hydrogen) atoms. The van der Waals surface area contributed by atoms with Gasteiger partial charge < -0.3 is 24.0 Å². The molecule has 2 aliphatic heterocycles. The first-order chi connectivity index (χ1) is 16.0. The molecule has 6 heteroatoms. The van der Waals surface area contributed by atoms with E-state index >= 15 is 0 Å². The van der Waals surface area contributed by atoms with Crippen molar-refractivity contribution < 1.29 is 14.6 Å². The first kappa shape index (κ1) is 22.3. The van der Waals surface area contributed by atoms with Gasteiger partial charge in [-0.1, -0.05) is 18.2 Å². The number of aliphatic hydroxyl groups excluding tert-OH is 1. The minimum Gasteiger partial charge on any atom is -0.497 e. The van der Waals surface area contributed by atoms with Gasteiger partial charge >= 0.3 is 0 Å². The Kier molecular flexibility index (Phi) is 5.85. The zero-order valence-electron chi connectivity index (χ0n) is 20.2. The molecule has 2 aliphatic rings. The number of aryl methyl sites for hydroxylation is 1. The van der Waals surface area contributed by atoms with E-state index < -0.39 is 0 Å². The van der Waals surface area contributed by atoms with E-state index in [1.807, 2.05) is 12.1 Å². The molecule has 5 rings (SSSR count). The Morgan fingerprint density at radius 1 is 1.03 bits per heavy atom. The number of benzene rings is 2. The van der Waals surface area contributed by atoms with E-state index in [4.69, 9.17) is 9.47 Å². The zero-order valence-corrected chi connectivity index (χ0v) is 20.2. The summed E-state index contributed by atoms with van der Waals surface area (Å²) in [6.07, 6.45) is 2.23. The van der Waals surface area contributed by atoms with Crippen LogP contribution in [0, 0.1) is 0 Å². The van der Waals surface area contributed by atoms with Crippen LogP contribution < -0.4 is 9.47 Å². The summed E-state index contributed by atoms with van der Waals surface area (Å²) in [5.41, 5.74) is 5.07. The van der Waals surface area contributed by atoms with E-state index in [0.717, 1.165) is 56.1 Å². The summed E-state index contributed by atoms with van der Waals surface area (Å²) in [5, 5.41) is 12.0. The highest BCUT2D eigenvalue weighted by Crippen LogP contribution is 2.50. The Morgan fingerprint density at radius 2 is 1.79 bits per heavy atom. The SMILES string of the molecule is COc1ccc2c3c(n(C)c2c1)[C@H](CO)N(Cc1ccccc1OC)CC31CCN(C)CC1. The number of likely N-dealkylation sites (tertiary alicyclic amines) is 1. The minimum absolute atomic E-state index is 0.0592. The van der Waals surface area contributed by atoms with Crippen LogP contribution in [-0.2, 0) is 19.0 Å². The third-order valence-corrected chi connectivity index (χ3v) is 7.93. The molecule has 1 N–H and O–H groups in total. The number of ether oxygens (including phenoxy) is 2. The topological polar surface area (TPSA) is 50.1 Å². The molecule has 0 amide bonds. The number of methoxy groups -OCH3 is 2. The molecule has 3 heterocycles. The maximum absolute atomic E-state index is 10.7. The van der Waals surface area contributed by atoms with E-state index in [9.17, 15) is 5.11 Å². The Balaban J connectivity index is 1.68. The number of aromatic nitrogens is 1. The molecule has 0 radical (unpaired) electrons. The molecule has 0 saturated carbocycles. The molecule has 2 aromatic carbocycles. The lowest BCUT2D eigenvalue weighted by atomic mass is 9.68. The second-order valence-electron chi connectivity index (χ2n) is 9.70. The minimum atomic E-state index is -0.0708. The van der Waals surface area contributed by atoms with Crippen molar-refractivity contribution in [1.82, 2.24) is 14.4 Å². The van der Waals surface area contributed by atoms with E-state index in [0.29, 0.717) is 0 Å². The molecule has 176 valence electrons. The van der Waals surface area contributed by atoms with Crippen LogP contribution in [0.4, 0.5) is 0 Å². The summed E-state index contributed by atoms with van der Waals surface area (Å²) in [5.74, 6) is 1.77. The van der Waals surface area contributed by atoms with E-state index in [1.54, 1.807) is 14.2 Å². The number of aliphatic hydroxyl groups is 1. The second-order valence-corrected chi connectivity index (χ2v) is 9.70. The fourth-order valence-corrected chi connectivity index (χ4v) is 6.14. The van der Waals surface area contributed by atoms with Crippen molar-refractivity contribution in [3.63, 3.8) is 0 Å². The zero-order chi connectivity index (χ0) is 23.2. The predicted octanol–water partition coefficient (Wildman–Crippen LogP) is 3.71. The lowest BCUT2D eigenvalue weighted by Crippen LogP contribution is -2.53. The Labute approximate surface area is 196 Å². The van der Waals surface area contributed by atoms with Crippen LogP contribution in [0.15, 0.2) is 42.5 Å². The quantitative estimate of drug-likeness (QED) is 0.644. The van der Waals surface area contributed by atoms with Gasteiger partial charge in [-0.15, -0.1) is 0 Å². The van der Waals surface area contributed by atoms with Gasteiger partial charge in [-0.05, 0) is 56.7 Å². The summed E-state index contributed by atoms with van der Waals surface area (Å²) < 4.78 is 13.5. The Morgan fingerprint density at radius 3 is 2.48 bits per heavy atom.